The van der Waals surface area contributed by atoms with Crippen LogP contribution in [-0.4, -0.2) is 4.57 Å². The molecule has 2 heteroatoms. The average Bonchev–Trinajstić information content (AvgIpc) is 3.63. The predicted molar refractivity (Wildman–Crippen MR) is 244 cm³/mol. The van der Waals surface area contributed by atoms with E-state index in [1.54, 1.807) is 0 Å². The molecule has 0 aliphatic heterocycles. The first-order valence-electron chi connectivity index (χ1n) is 20.0. The van der Waals surface area contributed by atoms with Crippen LogP contribution in [-0.2, 0) is 0 Å². The quantitative estimate of drug-likeness (QED) is 0.165. The maximum absolute atomic E-state index is 2.48. The van der Waals surface area contributed by atoms with Gasteiger partial charge in [-0.3, -0.25) is 0 Å². The number of nitrogens with zero attached hydrogens (tertiary/aromatic N) is 2. The summed E-state index contributed by atoms with van der Waals surface area (Å²) < 4.78 is 2.47. The number of hydrogen-bond donors (Lipinski definition) is 0. The van der Waals surface area contributed by atoms with Crippen molar-refractivity contribution in [2.24, 2.45) is 5.92 Å². The summed E-state index contributed by atoms with van der Waals surface area (Å²) in [7, 11) is 0. The molecule has 270 valence electrons. The molecule has 11 rings (SSSR count). The van der Waals surface area contributed by atoms with Crippen molar-refractivity contribution in [3.05, 3.63) is 218 Å². The Hall–Kier alpha value is -7.16. The fourth-order valence-electron chi connectivity index (χ4n) is 9.29. The van der Waals surface area contributed by atoms with Crippen LogP contribution in [0.2, 0.25) is 0 Å². The van der Waals surface area contributed by atoms with Gasteiger partial charge in [0.25, 0.3) is 0 Å². The molecule has 0 spiro atoms. The molecule has 1 heterocycles. The zero-order chi connectivity index (χ0) is 37.9. The van der Waals surface area contributed by atoms with Crippen LogP contribution in [0.15, 0.2) is 212 Å². The zero-order valence-electron chi connectivity index (χ0n) is 31.8. The van der Waals surface area contributed by atoms with Crippen LogP contribution in [0.3, 0.4) is 0 Å². The van der Waals surface area contributed by atoms with Crippen molar-refractivity contribution >= 4 is 71.1 Å². The van der Waals surface area contributed by atoms with E-state index in [1.165, 1.54) is 93.5 Å². The number of allylic oxidation sites excluding steroid dienone is 3. The van der Waals surface area contributed by atoms with E-state index in [4.69, 9.17) is 0 Å². The van der Waals surface area contributed by atoms with Gasteiger partial charge in [0, 0.05) is 38.6 Å². The third kappa shape index (κ3) is 5.48. The Morgan fingerprint density at radius 1 is 0.509 bits per heavy atom. The summed E-state index contributed by atoms with van der Waals surface area (Å²) in [5.41, 5.74) is 12.3. The number of aromatic nitrogens is 1. The van der Waals surface area contributed by atoms with E-state index in [2.05, 4.69) is 223 Å². The second kappa shape index (κ2) is 13.5. The molecule has 1 aliphatic rings. The van der Waals surface area contributed by atoms with Crippen molar-refractivity contribution in [3.63, 3.8) is 0 Å². The van der Waals surface area contributed by atoms with Gasteiger partial charge in [-0.05, 0) is 105 Å². The lowest BCUT2D eigenvalue weighted by Crippen LogP contribution is -2.19. The Balaban J connectivity index is 1.13. The lowest BCUT2D eigenvalue weighted by Gasteiger charge is -2.32. The van der Waals surface area contributed by atoms with Crippen molar-refractivity contribution in [3.8, 4) is 16.8 Å². The lowest BCUT2D eigenvalue weighted by atomic mass is 9.83. The highest BCUT2D eigenvalue weighted by molar-refractivity contribution is 6.22. The molecular weight excluding hydrogens is 689 g/mol. The molecule has 0 saturated carbocycles. The molecule has 10 aromatic rings. The van der Waals surface area contributed by atoms with Gasteiger partial charge in [-0.2, -0.15) is 0 Å². The fourth-order valence-corrected chi connectivity index (χ4v) is 9.29. The number of fused-ring (bicyclic) bond motifs is 7. The van der Waals surface area contributed by atoms with Crippen LogP contribution in [0.4, 0.5) is 11.4 Å². The molecule has 57 heavy (non-hydrogen) atoms. The maximum Gasteiger partial charge on any atom is 0.0625 e. The summed E-state index contributed by atoms with van der Waals surface area (Å²) >= 11 is 0. The summed E-state index contributed by atoms with van der Waals surface area (Å²) in [6, 6.07) is 71.0. The second-order valence-electron chi connectivity index (χ2n) is 15.3. The van der Waals surface area contributed by atoms with Crippen LogP contribution < -0.4 is 4.90 Å². The van der Waals surface area contributed by atoms with Crippen molar-refractivity contribution in [2.75, 3.05) is 4.90 Å². The van der Waals surface area contributed by atoms with Crippen molar-refractivity contribution < 1.29 is 0 Å². The lowest BCUT2D eigenvalue weighted by molar-refractivity contribution is 0.751. The molecule has 1 atom stereocenters. The van der Waals surface area contributed by atoms with Gasteiger partial charge in [0.2, 0.25) is 0 Å². The third-order valence-electron chi connectivity index (χ3n) is 12.0. The molecule has 0 fully saturated rings. The van der Waals surface area contributed by atoms with E-state index in [1.807, 2.05) is 0 Å². The van der Waals surface area contributed by atoms with Crippen molar-refractivity contribution in [2.45, 2.75) is 13.3 Å². The largest absolute Gasteiger partial charge is 0.310 e. The Kier molecular flexibility index (Phi) is 7.89. The smallest absolute Gasteiger partial charge is 0.0625 e. The van der Waals surface area contributed by atoms with Crippen LogP contribution in [0, 0.1) is 5.92 Å². The van der Waals surface area contributed by atoms with Gasteiger partial charge >= 0.3 is 0 Å². The molecule has 2 nitrogen and oxygen atoms in total. The summed E-state index contributed by atoms with van der Waals surface area (Å²) in [5, 5.41) is 10.1. The first kappa shape index (κ1) is 33.2. The highest BCUT2D eigenvalue weighted by Gasteiger charge is 2.26. The Morgan fingerprint density at radius 2 is 1.12 bits per heavy atom. The maximum atomic E-state index is 2.48. The normalized spacial score (nSPS) is 14.4. The van der Waals surface area contributed by atoms with E-state index in [0.717, 1.165) is 12.1 Å². The standard InChI is InChI=1S/C55H40N2/c1-37-29-32-44(36-50(37)51-35-41-17-7-10-24-48(41)55-54(51)49-25-11-12-27-53(49)57(55)42-20-3-2-4-21-42)56(52-28-14-19-39-16-6-9-23-47(39)52)43-33-30-40(31-34-43)46-26-13-18-38-15-5-8-22-45(38)46/h2-28,30-37H,29H2,1H3. The van der Waals surface area contributed by atoms with E-state index in [-0.39, 0.29) is 0 Å². The SMILES string of the molecule is CC1CC=C(N(c2ccc(-c3cccc4ccccc34)cc2)c2cccc3ccccc23)C=C1c1cc2ccccc2c2c1c1ccccc1n2-c1ccccc1. The van der Waals surface area contributed by atoms with E-state index < -0.39 is 0 Å². The molecule has 9 aromatic carbocycles. The van der Waals surface area contributed by atoms with Crippen LogP contribution in [0.25, 0.3) is 76.5 Å². The number of benzene rings is 9. The van der Waals surface area contributed by atoms with Crippen LogP contribution >= 0.6 is 0 Å². The van der Waals surface area contributed by atoms with Gasteiger partial charge < -0.3 is 9.47 Å². The third-order valence-corrected chi connectivity index (χ3v) is 12.0. The summed E-state index contributed by atoms with van der Waals surface area (Å²) in [5.74, 6) is 0.319. The Bertz CT molecular complexity index is 3210. The molecule has 0 bridgehead atoms. The molecule has 0 N–H and O–H groups in total. The average molecular weight is 729 g/mol. The molecular formula is C55H40N2. The summed E-state index contributed by atoms with van der Waals surface area (Å²) in [6.07, 6.45) is 5.86. The van der Waals surface area contributed by atoms with Crippen LogP contribution in [0.1, 0.15) is 18.9 Å². The van der Waals surface area contributed by atoms with Gasteiger partial charge in [0.1, 0.15) is 0 Å². The molecule has 1 unspecified atom stereocenters. The molecule has 1 aliphatic carbocycles. The fraction of sp³-hybridized carbons (Fsp3) is 0.0545. The van der Waals surface area contributed by atoms with Gasteiger partial charge in [-0.1, -0.05) is 165 Å². The van der Waals surface area contributed by atoms with E-state index in [0.29, 0.717) is 5.92 Å². The predicted octanol–water partition coefficient (Wildman–Crippen LogP) is 15.1. The van der Waals surface area contributed by atoms with Crippen molar-refractivity contribution in [1.82, 2.24) is 4.57 Å². The topological polar surface area (TPSA) is 8.17 Å². The number of hydrogen-bond acceptors (Lipinski definition) is 1. The van der Waals surface area contributed by atoms with Gasteiger partial charge in [-0.15, -0.1) is 0 Å². The zero-order valence-corrected chi connectivity index (χ0v) is 31.8. The molecule has 0 radical (unpaired) electrons. The minimum atomic E-state index is 0.319. The molecule has 1 aromatic heterocycles. The monoisotopic (exact) mass is 728 g/mol. The Morgan fingerprint density at radius 3 is 1.91 bits per heavy atom. The Labute approximate surface area is 332 Å². The highest BCUT2D eigenvalue weighted by atomic mass is 15.1. The first-order chi connectivity index (χ1) is 28.2. The van der Waals surface area contributed by atoms with E-state index >= 15 is 0 Å². The number of para-hydroxylation sites is 2. The summed E-state index contributed by atoms with van der Waals surface area (Å²) in [6.45, 7) is 2.39. The second-order valence-corrected chi connectivity index (χ2v) is 15.3. The highest BCUT2D eigenvalue weighted by Crippen LogP contribution is 2.46. The molecule has 0 amide bonds. The minimum Gasteiger partial charge on any atom is -0.310 e. The van der Waals surface area contributed by atoms with Gasteiger partial charge in [-0.25, -0.2) is 0 Å². The van der Waals surface area contributed by atoms with Gasteiger partial charge in [0.05, 0.1) is 16.7 Å². The summed E-state index contributed by atoms with van der Waals surface area (Å²) in [4.78, 5) is 2.48. The number of anilines is 2. The van der Waals surface area contributed by atoms with Crippen LogP contribution in [0.5, 0.6) is 0 Å². The van der Waals surface area contributed by atoms with Gasteiger partial charge in [0.15, 0.2) is 0 Å². The minimum absolute atomic E-state index is 0.319. The first-order valence-corrected chi connectivity index (χ1v) is 20.0. The van der Waals surface area contributed by atoms with Crippen molar-refractivity contribution in [1.29, 1.82) is 0 Å². The number of rotatable bonds is 6. The van der Waals surface area contributed by atoms with E-state index in [9.17, 15) is 0 Å². The molecule has 0 saturated heterocycles.